The predicted molar refractivity (Wildman–Crippen MR) is 79.2 cm³/mol. The van der Waals surface area contributed by atoms with Crippen LogP contribution in [-0.4, -0.2) is 31.3 Å². The van der Waals surface area contributed by atoms with Gasteiger partial charge in [0.05, 0.1) is 0 Å². The van der Waals surface area contributed by atoms with Gasteiger partial charge in [0.2, 0.25) is 0 Å². The zero-order valence-electron chi connectivity index (χ0n) is 11.4. The number of carbonyl (C=O) groups is 2. The van der Waals surface area contributed by atoms with E-state index in [1.165, 1.54) is 6.92 Å². The van der Waals surface area contributed by atoms with Crippen LogP contribution in [0.25, 0.3) is 0 Å². The summed E-state index contributed by atoms with van der Waals surface area (Å²) in [5.74, 6) is -0.103. The molecule has 0 radical (unpaired) electrons. The summed E-state index contributed by atoms with van der Waals surface area (Å²) in [5.41, 5.74) is 1.20. The monoisotopic (exact) mass is 284 g/mol. The number of ketones is 1. The second-order valence-corrected chi connectivity index (χ2v) is 4.14. The Hall–Kier alpha value is -1.39. The molecule has 4 nitrogen and oxygen atoms in total. The van der Waals surface area contributed by atoms with Gasteiger partial charge in [0.15, 0.2) is 5.78 Å². The molecule has 1 rings (SSSR count). The van der Waals surface area contributed by atoms with E-state index >= 15 is 0 Å². The molecule has 0 saturated carbocycles. The van der Waals surface area contributed by atoms with Gasteiger partial charge in [-0.2, -0.15) is 0 Å². The van der Waals surface area contributed by atoms with Crippen LogP contribution >= 0.6 is 12.4 Å². The van der Waals surface area contributed by atoms with Crippen LogP contribution in [0.1, 0.15) is 41.0 Å². The van der Waals surface area contributed by atoms with Crippen LogP contribution in [0.3, 0.4) is 0 Å². The van der Waals surface area contributed by atoms with Gasteiger partial charge in [-0.15, -0.1) is 12.4 Å². The SMILES string of the molecule is CCCNCCNC(=O)c1ccc(C(C)=O)cc1.Cl. The Morgan fingerprint density at radius 2 is 1.58 bits per heavy atom. The first-order chi connectivity index (χ1) is 8.65. The first kappa shape index (κ1) is 17.6. The fourth-order valence-corrected chi connectivity index (χ4v) is 1.52. The van der Waals surface area contributed by atoms with Gasteiger partial charge in [-0.25, -0.2) is 0 Å². The number of hydrogen-bond acceptors (Lipinski definition) is 3. The highest BCUT2D eigenvalue weighted by atomic mass is 35.5. The number of benzene rings is 1. The molecule has 1 aromatic carbocycles. The Balaban J connectivity index is 0.00000324. The third-order valence-corrected chi connectivity index (χ3v) is 2.57. The van der Waals surface area contributed by atoms with E-state index in [0.717, 1.165) is 19.5 Å². The van der Waals surface area contributed by atoms with Crippen molar-refractivity contribution in [2.45, 2.75) is 20.3 Å². The topological polar surface area (TPSA) is 58.2 Å². The fraction of sp³-hybridized carbons (Fsp3) is 0.429. The molecule has 19 heavy (non-hydrogen) atoms. The van der Waals surface area contributed by atoms with E-state index in [9.17, 15) is 9.59 Å². The van der Waals surface area contributed by atoms with Crippen LogP contribution in [0.4, 0.5) is 0 Å². The van der Waals surface area contributed by atoms with Gasteiger partial charge >= 0.3 is 0 Å². The maximum Gasteiger partial charge on any atom is 0.251 e. The number of nitrogens with one attached hydrogen (secondary N) is 2. The first-order valence-electron chi connectivity index (χ1n) is 6.25. The van der Waals surface area contributed by atoms with E-state index in [0.29, 0.717) is 17.7 Å². The minimum Gasteiger partial charge on any atom is -0.351 e. The van der Waals surface area contributed by atoms with Crippen molar-refractivity contribution >= 4 is 24.1 Å². The molecule has 0 aliphatic heterocycles. The second kappa shape index (κ2) is 9.53. The van der Waals surface area contributed by atoms with Gasteiger partial charge in [-0.05, 0) is 32.0 Å². The van der Waals surface area contributed by atoms with Gasteiger partial charge < -0.3 is 10.6 Å². The maximum atomic E-state index is 11.7. The molecule has 1 amide bonds. The summed E-state index contributed by atoms with van der Waals surface area (Å²) in [5, 5.41) is 6.03. The minimum absolute atomic E-state index is 0. The molecule has 0 spiro atoms. The van der Waals surface area contributed by atoms with Crippen LogP contribution in [0, 0.1) is 0 Å². The molecule has 0 atom stereocenters. The molecule has 0 bridgehead atoms. The van der Waals surface area contributed by atoms with Gasteiger partial charge in [-0.3, -0.25) is 9.59 Å². The van der Waals surface area contributed by atoms with Crippen LogP contribution in [0.15, 0.2) is 24.3 Å². The van der Waals surface area contributed by atoms with E-state index in [2.05, 4.69) is 17.6 Å². The third kappa shape index (κ3) is 6.36. The summed E-state index contributed by atoms with van der Waals surface area (Å²) in [6, 6.07) is 6.69. The Morgan fingerprint density at radius 1 is 1.00 bits per heavy atom. The Labute approximate surface area is 120 Å². The Bertz CT molecular complexity index is 404. The maximum absolute atomic E-state index is 11.7. The molecule has 1 aromatic rings. The zero-order valence-corrected chi connectivity index (χ0v) is 12.2. The number of Topliss-reactive ketones (excluding diaryl/α,β-unsaturated/α-hetero) is 1. The minimum atomic E-state index is -0.108. The molecule has 0 fully saturated rings. The van der Waals surface area contributed by atoms with Crippen molar-refractivity contribution in [3.8, 4) is 0 Å². The molecule has 0 aliphatic rings. The van der Waals surface area contributed by atoms with Gasteiger partial charge in [0, 0.05) is 24.2 Å². The molecule has 0 saturated heterocycles. The Kier molecular flexibility index (Phi) is 8.83. The smallest absolute Gasteiger partial charge is 0.251 e. The summed E-state index contributed by atoms with van der Waals surface area (Å²) in [6.45, 7) is 5.94. The third-order valence-electron chi connectivity index (χ3n) is 2.57. The van der Waals surface area contributed by atoms with Crippen LogP contribution in [-0.2, 0) is 0 Å². The average Bonchev–Trinajstić information content (AvgIpc) is 2.38. The quantitative estimate of drug-likeness (QED) is 0.595. The molecule has 2 N–H and O–H groups in total. The van der Waals surface area contributed by atoms with Crippen LogP contribution in [0.2, 0.25) is 0 Å². The highest BCUT2D eigenvalue weighted by Gasteiger charge is 2.05. The van der Waals surface area contributed by atoms with E-state index in [4.69, 9.17) is 0 Å². The number of hydrogen-bond donors (Lipinski definition) is 2. The molecule has 0 aromatic heterocycles. The summed E-state index contributed by atoms with van der Waals surface area (Å²) >= 11 is 0. The fourth-order valence-electron chi connectivity index (χ4n) is 1.52. The average molecular weight is 285 g/mol. The normalized spacial score (nSPS) is 9.58. The first-order valence-corrected chi connectivity index (χ1v) is 6.25. The lowest BCUT2D eigenvalue weighted by atomic mass is 10.1. The predicted octanol–water partition coefficient (Wildman–Crippen LogP) is 2.04. The summed E-state index contributed by atoms with van der Waals surface area (Å²) < 4.78 is 0. The highest BCUT2D eigenvalue weighted by molar-refractivity contribution is 5.97. The van der Waals surface area contributed by atoms with E-state index in [1.54, 1.807) is 24.3 Å². The van der Waals surface area contributed by atoms with Crippen molar-refractivity contribution in [3.63, 3.8) is 0 Å². The van der Waals surface area contributed by atoms with Gasteiger partial charge in [-0.1, -0.05) is 19.1 Å². The highest BCUT2D eigenvalue weighted by Crippen LogP contribution is 2.04. The van der Waals surface area contributed by atoms with Gasteiger partial charge in [0.1, 0.15) is 0 Å². The number of amides is 1. The summed E-state index contributed by atoms with van der Waals surface area (Å²) in [7, 11) is 0. The number of halogens is 1. The van der Waals surface area contributed by atoms with Crippen LogP contribution < -0.4 is 10.6 Å². The second-order valence-electron chi connectivity index (χ2n) is 4.14. The molecule has 0 heterocycles. The van der Waals surface area contributed by atoms with Crippen molar-refractivity contribution in [1.82, 2.24) is 10.6 Å². The number of carbonyl (C=O) groups excluding carboxylic acids is 2. The molecular formula is C14H21ClN2O2. The van der Waals surface area contributed by atoms with Crippen molar-refractivity contribution in [2.75, 3.05) is 19.6 Å². The number of rotatable bonds is 7. The lowest BCUT2D eigenvalue weighted by Crippen LogP contribution is -2.32. The molecule has 106 valence electrons. The van der Waals surface area contributed by atoms with E-state index in [1.807, 2.05) is 0 Å². The van der Waals surface area contributed by atoms with E-state index in [-0.39, 0.29) is 24.1 Å². The van der Waals surface area contributed by atoms with Crippen molar-refractivity contribution in [1.29, 1.82) is 0 Å². The Morgan fingerprint density at radius 3 is 2.11 bits per heavy atom. The summed E-state index contributed by atoms with van der Waals surface area (Å²) in [6.07, 6.45) is 1.08. The zero-order chi connectivity index (χ0) is 13.4. The molecular weight excluding hydrogens is 264 g/mol. The molecule has 0 aliphatic carbocycles. The van der Waals surface area contributed by atoms with Gasteiger partial charge in [0.25, 0.3) is 5.91 Å². The molecule has 0 unspecified atom stereocenters. The lowest BCUT2D eigenvalue weighted by Gasteiger charge is -2.06. The van der Waals surface area contributed by atoms with Crippen molar-refractivity contribution in [3.05, 3.63) is 35.4 Å². The lowest BCUT2D eigenvalue weighted by molar-refractivity contribution is 0.0951. The van der Waals surface area contributed by atoms with Crippen molar-refractivity contribution in [2.24, 2.45) is 0 Å². The van der Waals surface area contributed by atoms with E-state index < -0.39 is 0 Å². The van der Waals surface area contributed by atoms with Crippen LogP contribution in [0.5, 0.6) is 0 Å². The largest absolute Gasteiger partial charge is 0.351 e. The standard InChI is InChI=1S/C14H20N2O2.ClH/c1-3-8-15-9-10-16-14(18)13-6-4-12(5-7-13)11(2)17;/h4-7,15H,3,8-10H2,1-2H3,(H,16,18);1H. The summed E-state index contributed by atoms with van der Waals surface area (Å²) in [4.78, 5) is 22.8. The van der Waals surface area contributed by atoms with Crippen molar-refractivity contribution < 1.29 is 9.59 Å². The molecule has 5 heteroatoms.